The van der Waals surface area contributed by atoms with Crippen LogP contribution in [0.4, 0.5) is 5.69 Å². The first kappa shape index (κ1) is 8.95. The molecule has 0 saturated carbocycles. The van der Waals surface area contributed by atoms with E-state index >= 15 is 0 Å². The molecule has 14 heavy (non-hydrogen) atoms. The Morgan fingerprint density at radius 1 is 1.07 bits per heavy atom. The lowest BCUT2D eigenvalue weighted by Crippen LogP contribution is -2.67. The second-order valence-corrected chi connectivity index (χ2v) is 3.48. The third-order valence-electron chi connectivity index (χ3n) is 2.34. The molecule has 1 aliphatic rings. The lowest BCUT2D eigenvalue weighted by molar-refractivity contribution is -0.355. The van der Waals surface area contributed by atoms with E-state index in [0.29, 0.717) is 5.92 Å². The van der Waals surface area contributed by atoms with Crippen LogP contribution in [0.15, 0.2) is 54.6 Å². The van der Waals surface area contributed by atoms with Gasteiger partial charge in [-0.05, 0) is 6.92 Å². The van der Waals surface area contributed by atoms with Gasteiger partial charge in [0.15, 0.2) is 5.71 Å². The molecule has 1 N–H and O–H groups in total. The van der Waals surface area contributed by atoms with Gasteiger partial charge in [0.2, 0.25) is 5.69 Å². The van der Waals surface area contributed by atoms with E-state index in [1.165, 1.54) is 5.71 Å². The summed E-state index contributed by atoms with van der Waals surface area (Å²) in [4.78, 5) is 3.41. The third-order valence-corrected chi connectivity index (χ3v) is 2.34. The van der Waals surface area contributed by atoms with Crippen LogP contribution in [0.5, 0.6) is 0 Å². The van der Waals surface area contributed by atoms with Crippen LogP contribution < -0.4 is 4.99 Å². The quantitative estimate of drug-likeness (QED) is 0.681. The Morgan fingerprint density at radius 3 is 2.57 bits per heavy atom. The van der Waals surface area contributed by atoms with E-state index in [2.05, 4.69) is 48.4 Å². The minimum Gasteiger partial charge on any atom is -0.208 e. The zero-order valence-electron chi connectivity index (χ0n) is 8.27. The average molecular weight is 184 g/mol. The van der Waals surface area contributed by atoms with Gasteiger partial charge < -0.3 is 0 Å². The molecule has 1 aromatic carbocycles. The lowest BCUT2D eigenvalue weighted by Gasteiger charge is -2.03. The van der Waals surface area contributed by atoms with Crippen molar-refractivity contribution in [3.8, 4) is 0 Å². The summed E-state index contributed by atoms with van der Waals surface area (Å²) in [7, 11) is 0. The van der Waals surface area contributed by atoms with Crippen molar-refractivity contribution < 1.29 is 4.99 Å². The van der Waals surface area contributed by atoms with Gasteiger partial charge in [0, 0.05) is 18.2 Å². The smallest absolute Gasteiger partial charge is 0.203 e. The van der Waals surface area contributed by atoms with Crippen LogP contribution in [0.2, 0.25) is 0 Å². The molecule has 1 aromatic rings. The van der Waals surface area contributed by atoms with Crippen LogP contribution in [0.1, 0.15) is 6.92 Å². The second-order valence-electron chi connectivity index (χ2n) is 3.48. The Labute approximate surface area is 84.5 Å². The molecule has 0 fully saturated rings. The summed E-state index contributed by atoms with van der Waals surface area (Å²) in [6.45, 7) is 2.19. The SMILES string of the molecule is CC1C=CC=CC1=[NH+]c1ccccc1. The minimum atomic E-state index is 0.472. The molecule has 70 valence electrons. The molecule has 1 unspecified atom stereocenters. The number of rotatable bonds is 1. The number of hydrogen-bond acceptors (Lipinski definition) is 0. The van der Waals surface area contributed by atoms with E-state index in [9.17, 15) is 0 Å². The molecule has 0 heterocycles. The highest BCUT2D eigenvalue weighted by molar-refractivity contribution is 5.94. The van der Waals surface area contributed by atoms with Gasteiger partial charge in [-0.15, -0.1) is 0 Å². The molecule has 0 bridgehead atoms. The van der Waals surface area contributed by atoms with Crippen molar-refractivity contribution in [2.45, 2.75) is 6.92 Å². The molecular weight excluding hydrogens is 170 g/mol. The molecule has 0 aliphatic heterocycles. The number of nitrogens with one attached hydrogen (secondary N) is 1. The maximum Gasteiger partial charge on any atom is 0.203 e. The van der Waals surface area contributed by atoms with Gasteiger partial charge in [0.05, 0.1) is 5.92 Å². The average Bonchev–Trinajstić information content (AvgIpc) is 2.23. The van der Waals surface area contributed by atoms with Crippen LogP contribution in [-0.4, -0.2) is 5.71 Å². The maximum absolute atomic E-state index is 3.41. The van der Waals surface area contributed by atoms with Crippen molar-refractivity contribution in [3.05, 3.63) is 54.6 Å². The van der Waals surface area contributed by atoms with E-state index < -0.39 is 0 Å². The van der Waals surface area contributed by atoms with Crippen LogP contribution in [0.25, 0.3) is 0 Å². The van der Waals surface area contributed by atoms with Gasteiger partial charge in [0.1, 0.15) is 0 Å². The van der Waals surface area contributed by atoms with Gasteiger partial charge in [-0.3, -0.25) is 0 Å². The number of allylic oxidation sites excluding steroid dienone is 4. The Bertz CT molecular complexity index is 385. The first-order valence-electron chi connectivity index (χ1n) is 4.90. The maximum atomic E-state index is 3.41. The Kier molecular flexibility index (Phi) is 2.59. The van der Waals surface area contributed by atoms with Gasteiger partial charge in [0.25, 0.3) is 0 Å². The standard InChI is InChI=1S/C13H13N/c1-11-7-5-6-10-13(11)14-12-8-3-2-4-9-12/h2-11H,1H3/p+1. The van der Waals surface area contributed by atoms with Crippen molar-refractivity contribution in [2.24, 2.45) is 5.92 Å². The number of benzene rings is 1. The summed E-state index contributed by atoms with van der Waals surface area (Å²) in [6, 6.07) is 10.2. The molecule has 1 heteroatoms. The van der Waals surface area contributed by atoms with Crippen molar-refractivity contribution in [3.63, 3.8) is 0 Å². The number of hydrogen-bond donors (Lipinski definition) is 1. The zero-order chi connectivity index (χ0) is 9.80. The summed E-state index contributed by atoms with van der Waals surface area (Å²) in [5, 5.41) is 0. The molecule has 0 amide bonds. The molecule has 0 radical (unpaired) electrons. The Hall–Kier alpha value is -1.63. The summed E-state index contributed by atoms with van der Waals surface area (Å²) >= 11 is 0. The molecule has 0 aromatic heterocycles. The van der Waals surface area contributed by atoms with E-state index in [4.69, 9.17) is 0 Å². The highest BCUT2D eigenvalue weighted by Gasteiger charge is 2.12. The lowest BCUT2D eigenvalue weighted by atomic mass is 10.0. The topological polar surface area (TPSA) is 14.0 Å². The fourth-order valence-corrected chi connectivity index (χ4v) is 1.49. The molecule has 0 saturated heterocycles. The second kappa shape index (κ2) is 4.05. The molecule has 1 aliphatic carbocycles. The van der Waals surface area contributed by atoms with Crippen molar-refractivity contribution in [1.29, 1.82) is 0 Å². The fourth-order valence-electron chi connectivity index (χ4n) is 1.49. The van der Waals surface area contributed by atoms with Crippen LogP contribution in [0, 0.1) is 5.92 Å². The third kappa shape index (κ3) is 1.99. The van der Waals surface area contributed by atoms with Crippen LogP contribution >= 0.6 is 0 Å². The highest BCUT2D eigenvalue weighted by atomic mass is 14.7. The highest BCUT2D eigenvalue weighted by Crippen LogP contribution is 2.05. The summed E-state index contributed by atoms with van der Waals surface area (Å²) in [5.74, 6) is 0.472. The predicted octanol–water partition coefficient (Wildman–Crippen LogP) is 1.60. The first-order valence-corrected chi connectivity index (χ1v) is 4.90. The first-order chi connectivity index (χ1) is 6.86. The molecule has 0 spiro atoms. The largest absolute Gasteiger partial charge is 0.208 e. The zero-order valence-corrected chi connectivity index (χ0v) is 8.27. The van der Waals surface area contributed by atoms with Crippen LogP contribution in [-0.2, 0) is 0 Å². The van der Waals surface area contributed by atoms with Crippen molar-refractivity contribution in [2.75, 3.05) is 0 Å². The minimum absolute atomic E-state index is 0.472. The predicted molar refractivity (Wildman–Crippen MR) is 59.5 cm³/mol. The van der Waals surface area contributed by atoms with E-state index in [0.717, 1.165) is 5.69 Å². The van der Waals surface area contributed by atoms with Crippen LogP contribution in [0.3, 0.4) is 0 Å². The number of para-hydroxylation sites is 1. The van der Waals surface area contributed by atoms with E-state index in [1.807, 2.05) is 18.2 Å². The molecule has 2 rings (SSSR count). The molecule has 1 nitrogen and oxygen atoms in total. The van der Waals surface area contributed by atoms with Gasteiger partial charge in [-0.2, -0.15) is 0 Å². The normalized spacial score (nSPS) is 22.9. The van der Waals surface area contributed by atoms with Gasteiger partial charge in [-0.1, -0.05) is 36.4 Å². The fraction of sp³-hybridized carbons (Fsp3) is 0.154. The molecule has 1 atom stereocenters. The van der Waals surface area contributed by atoms with Gasteiger partial charge >= 0.3 is 0 Å². The van der Waals surface area contributed by atoms with Crippen molar-refractivity contribution in [1.82, 2.24) is 0 Å². The molecular formula is C13H14N+. The van der Waals surface area contributed by atoms with E-state index in [1.54, 1.807) is 0 Å². The Morgan fingerprint density at radius 2 is 1.86 bits per heavy atom. The summed E-state index contributed by atoms with van der Waals surface area (Å²) < 4.78 is 0. The Balaban J connectivity index is 2.27. The van der Waals surface area contributed by atoms with Crippen molar-refractivity contribution >= 4 is 11.4 Å². The monoisotopic (exact) mass is 184 g/mol. The van der Waals surface area contributed by atoms with Gasteiger partial charge in [-0.25, -0.2) is 4.99 Å². The summed E-state index contributed by atoms with van der Waals surface area (Å²) in [5.41, 5.74) is 2.40. The summed E-state index contributed by atoms with van der Waals surface area (Å²) in [6.07, 6.45) is 8.45. The van der Waals surface area contributed by atoms with E-state index in [-0.39, 0.29) is 0 Å².